The van der Waals surface area contributed by atoms with Crippen LogP contribution >= 0.6 is 0 Å². The maximum atomic E-state index is 13.6. The van der Waals surface area contributed by atoms with Crippen LogP contribution in [0, 0.1) is 17.1 Å². The van der Waals surface area contributed by atoms with Crippen LogP contribution < -0.4 is 0 Å². The van der Waals surface area contributed by atoms with Gasteiger partial charge in [0, 0.05) is 5.56 Å². The molecule has 0 aliphatic rings. The Labute approximate surface area is 75.6 Å². The predicted octanol–water partition coefficient (Wildman–Crippen LogP) is 2.92. The third-order valence-electron chi connectivity index (χ3n) is 1.85. The van der Waals surface area contributed by atoms with Crippen molar-refractivity contribution in [1.82, 2.24) is 0 Å². The number of nitriles is 1. The Bertz CT molecular complexity index is 339. The van der Waals surface area contributed by atoms with Gasteiger partial charge in [0.05, 0.1) is 12.5 Å². The van der Waals surface area contributed by atoms with Crippen molar-refractivity contribution < 1.29 is 8.78 Å². The lowest BCUT2D eigenvalue weighted by atomic mass is 9.95. The van der Waals surface area contributed by atoms with Crippen molar-refractivity contribution in [1.29, 1.82) is 5.26 Å². The average Bonchev–Trinajstić information content (AvgIpc) is 2.04. The van der Waals surface area contributed by atoms with E-state index in [9.17, 15) is 8.78 Å². The minimum atomic E-state index is -1.90. The number of halogens is 2. The van der Waals surface area contributed by atoms with Gasteiger partial charge in [0.1, 0.15) is 11.5 Å². The third-order valence-corrected chi connectivity index (χ3v) is 1.85. The van der Waals surface area contributed by atoms with Crippen LogP contribution in [0.25, 0.3) is 0 Å². The standard InChI is InChI=1S/C10H9F2N/c1-10(12,6-7-13)8-4-2-3-5-9(8)11/h2-5H,6H2,1H3. The van der Waals surface area contributed by atoms with Crippen molar-refractivity contribution in [3.63, 3.8) is 0 Å². The lowest BCUT2D eigenvalue weighted by molar-refractivity contribution is 0.192. The predicted molar refractivity (Wildman–Crippen MR) is 45.1 cm³/mol. The maximum absolute atomic E-state index is 13.6. The van der Waals surface area contributed by atoms with Crippen LogP contribution in [0.3, 0.4) is 0 Å². The Morgan fingerprint density at radius 1 is 1.46 bits per heavy atom. The van der Waals surface area contributed by atoms with Crippen LogP contribution in [0.2, 0.25) is 0 Å². The molecule has 0 bridgehead atoms. The summed E-state index contributed by atoms with van der Waals surface area (Å²) in [5.74, 6) is -0.609. The monoisotopic (exact) mass is 181 g/mol. The highest BCUT2D eigenvalue weighted by Gasteiger charge is 2.28. The first-order chi connectivity index (χ1) is 6.08. The van der Waals surface area contributed by atoms with E-state index in [0.29, 0.717) is 0 Å². The van der Waals surface area contributed by atoms with Crippen molar-refractivity contribution in [2.24, 2.45) is 0 Å². The van der Waals surface area contributed by atoms with E-state index in [0.717, 1.165) is 0 Å². The van der Waals surface area contributed by atoms with Crippen molar-refractivity contribution in [3.05, 3.63) is 35.6 Å². The number of hydrogen-bond donors (Lipinski definition) is 0. The average molecular weight is 181 g/mol. The molecule has 68 valence electrons. The summed E-state index contributed by atoms with van der Waals surface area (Å²) in [5.41, 5.74) is -1.96. The third kappa shape index (κ3) is 2.03. The largest absolute Gasteiger partial charge is 0.238 e. The molecular formula is C10H9F2N. The molecule has 0 heterocycles. The normalized spacial score (nSPS) is 14.6. The molecule has 0 aromatic heterocycles. The second-order valence-electron chi connectivity index (χ2n) is 3.01. The van der Waals surface area contributed by atoms with Crippen molar-refractivity contribution in [3.8, 4) is 6.07 Å². The van der Waals surface area contributed by atoms with E-state index < -0.39 is 11.5 Å². The van der Waals surface area contributed by atoms with E-state index in [4.69, 9.17) is 5.26 Å². The molecule has 0 fully saturated rings. The molecule has 13 heavy (non-hydrogen) atoms. The minimum Gasteiger partial charge on any atom is -0.238 e. The summed E-state index contributed by atoms with van der Waals surface area (Å²) in [7, 11) is 0. The Morgan fingerprint density at radius 2 is 2.08 bits per heavy atom. The lowest BCUT2D eigenvalue weighted by Gasteiger charge is -2.17. The fourth-order valence-corrected chi connectivity index (χ4v) is 1.13. The van der Waals surface area contributed by atoms with Gasteiger partial charge in [-0.25, -0.2) is 8.78 Å². The first kappa shape index (κ1) is 9.66. The van der Waals surface area contributed by atoms with Crippen molar-refractivity contribution in [2.75, 3.05) is 0 Å². The quantitative estimate of drug-likeness (QED) is 0.688. The summed E-state index contributed by atoms with van der Waals surface area (Å²) in [6.45, 7) is 1.20. The second kappa shape index (κ2) is 3.53. The number of alkyl halides is 1. The van der Waals surface area contributed by atoms with Gasteiger partial charge in [-0.05, 0) is 13.0 Å². The Kier molecular flexibility index (Phi) is 2.62. The van der Waals surface area contributed by atoms with Crippen LogP contribution in [0.4, 0.5) is 8.78 Å². The highest BCUT2D eigenvalue weighted by Crippen LogP contribution is 2.30. The van der Waals surface area contributed by atoms with E-state index >= 15 is 0 Å². The van der Waals surface area contributed by atoms with Crippen molar-refractivity contribution >= 4 is 0 Å². The highest BCUT2D eigenvalue weighted by molar-refractivity contribution is 5.24. The first-order valence-electron chi connectivity index (χ1n) is 3.89. The molecule has 0 saturated carbocycles. The van der Waals surface area contributed by atoms with Gasteiger partial charge in [0.15, 0.2) is 0 Å². The van der Waals surface area contributed by atoms with Gasteiger partial charge in [0.2, 0.25) is 0 Å². The van der Waals surface area contributed by atoms with Gasteiger partial charge in [-0.3, -0.25) is 0 Å². The fraction of sp³-hybridized carbons (Fsp3) is 0.300. The number of hydrogen-bond acceptors (Lipinski definition) is 1. The molecule has 0 aliphatic heterocycles. The highest BCUT2D eigenvalue weighted by atomic mass is 19.1. The van der Waals surface area contributed by atoms with E-state index in [-0.39, 0.29) is 12.0 Å². The molecule has 1 aromatic carbocycles. The van der Waals surface area contributed by atoms with Gasteiger partial charge < -0.3 is 0 Å². The molecule has 1 rings (SSSR count). The van der Waals surface area contributed by atoms with Gasteiger partial charge in [-0.1, -0.05) is 18.2 Å². The smallest absolute Gasteiger partial charge is 0.148 e. The number of rotatable bonds is 2. The number of benzene rings is 1. The van der Waals surface area contributed by atoms with Crippen LogP contribution in [0.1, 0.15) is 18.9 Å². The van der Waals surface area contributed by atoms with E-state index in [1.165, 1.54) is 25.1 Å². The van der Waals surface area contributed by atoms with Crippen LogP contribution in [0.15, 0.2) is 24.3 Å². The SMILES string of the molecule is CC(F)(CC#N)c1ccccc1F. The molecule has 0 aliphatic carbocycles. The van der Waals surface area contributed by atoms with Gasteiger partial charge in [-0.15, -0.1) is 0 Å². The topological polar surface area (TPSA) is 23.8 Å². The zero-order valence-electron chi connectivity index (χ0n) is 7.22. The summed E-state index contributed by atoms with van der Waals surface area (Å²) < 4.78 is 26.7. The van der Waals surface area contributed by atoms with E-state index in [2.05, 4.69) is 0 Å². The van der Waals surface area contributed by atoms with E-state index in [1.807, 2.05) is 0 Å². The molecule has 1 nitrogen and oxygen atoms in total. The van der Waals surface area contributed by atoms with Crippen LogP contribution in [0.5, 0.6) is 0 Å². The Morgan fingerprint density at radius 3 is 2.62 bits per heavy atom. The molecule has 0 radical (unpaired) electrons. The Balaban J connectivity index is 3.08. The van der Waals surface area contributed by atoms with Gasteiger partial charge >= 0.3 is 0 Å². The molecule has 1 aromatic rings. The lowest BCUT2D eigenvalue weighted by Crippen LogP contribution is -2.15. The molecule has 0 N–H and O–H groups in total. The summed E-state index contributed by atoms with van der Waals surface area (Å²) >= 11 is 0. The van der Waals surface area contributed by atoms with Crippen LogP contribution in [-0.4, -0.2) is 0 Å². The van der Waals surface area contributed by atoms with Crippen LogP contribution in [-0.2, 0) is 5.67 Å². The molecule has 0 amide bonds. The fourth-order valence-electron chi connectivity index (χ4n) is 1.13. The molecular weight excluding hydrogens is 172 g/mol. The molecule has 0 spiro atoms. The molecule has 3 heteroatoms. The van der Waals surface area contributed by atoms with Crippen molar-refractivity contribution in [2.45, 2.75) is 19.0 Å². The Hall–Kier alpha value is -1.43. The molecule has 1 unspecified atom stereocenters. The van der Waals surface area contributed by atoms with Gasteiger partial charge in [-0.2, -0.15) is 5.26 Å². The molecule has 1 atom stereocenters. The number of nitrogens with zero attached hydrogens (tertiary/aromatic N) is 1. The van der Waals surface area contributed by atoms with E-state index in [1.54, 1.807) is 12.1 Å². The summed E-state index contributed by atoms with van der Waals surface area (Å²) in [6, 6.07) is 7.27. The maximum Gasteiger partial charge on any atom is 0.148 e. The zero-order chi connectivity index (χ0) is 9.90. The first-order valence-corrected chi connectivity index (χ1v) is 3.89. The second-order valence-corrected chi connectivity index (χ2v) is 3.01. The summed E-state index contributed by atoms with van der Waals surface area (Å²) in [5, 5.41) is 8.34. The summed E-state index contributed by atoms with van der Waals surface area (Å²) in [4.78, 5) is 0. The summed E-state index contributed by atoms with van der Waals surface area (Å²) in [6.07, 6.45) is -0.339. The van der Waals surface area contributed by atoms with Gasteiger partial charge in [0.25, 0.3) is 0 Å². The molecule has 0 saturated heterocycles. The minimum absolute atomic E-state index is 0.0588. The zero-order valence-corrected chi connectivity index (χ0v) is 7.22.